The Bertz CT molecular complexity index is 2140. The minimum absolute atomic E-state index is 0. The van der Waals surface area contributed by atoms with Gasteiger partial charge in [-0.2, -0.15) is 0 Å². The van der Waals surface area contributed by atoms with Crippen LogP contribution in [0.5, 0.6) is 0 Å². The Morgan fingerprint density at radius 2 is 1.16 bits per heavy atom. The van der Waals surface area contributed by atoms with Gasteiger partial charge in [0.25, 0.3) is 0 Å². The summed E-state index contributed by atoms with van der Waals surface area (Å²) in [5.41, 5.74) is 15.8. The predicted molar refractivity (Wildman–Crippen MR) is 230 cm³/mol. The minimum Gasteiger partial charge on any atom is -0.399 e. The van der Waals surface area contributed by atoms with Gasteiger partial charge in [-0.1, -0.05) is 14.9 Å². The Morgan fingerprint density at radius 1 is 0.724 bits per heavy atom. The van der Waals surface area contributed by atoms with Gasteiger partial charge in [-0.15, -0.1) is 10.2 Å². The zero-order chi connectivity index (χ0) is 39.4. The Morgan fingerprint density at radius 3 is 1.57 bits per heavy atom. The van der Waals surface area contributed by atoms with Crippen LogP contribution in [0.4, 0.5) is 27.8 Å². The van der Waals surface area contributed by atoms with Crippen molar-refractivity contribution in [1.82, 2.24) is 34.5 Å². The van der Waals surface area contributed by atoms with Crippen molar-refractivity contribution in [2.75, 3.05) is 86.5 Å². The third-order valence-electron chi connectivity index (χ3n) is 8.83. The zero-order valence-corrected chi connectivity index (χ0v) is 31.7. The molecule has 2 aliphatic heterocycles. The number of hydrogen-bond acceptors (Lipinski definition) is 13. The summed E-state index contributed by atoms with van der Waals surface area (Å²) in [7, 11) is 0. The summed E-state index contributed by atoms with van der Waals surface area (Å²) in [5.74, 6) is 3.16. The molecule has 6 heterocycles. The van der Waals surface area contributed by atoms with Crippen molar-refractivity contribution in [3.05, 3.63) is 85.2 Å². The smallest absolute Gasteiger partial charge is 0.319 e. The molecular formula is C41H58N12O5. The highest BCUT2D eigenvalue weighted by Crippen LogP contribution is 2.27. The van der Waals surface area contributed by atoms with Crippen LogP contribution in [-0.4, -0.2) is 123 Å². The number of anilines is 4. The number of hydrogen-bond donors (Lipinski definition) is 6. The summed E-state index contributed by atoms with van der Waals surface area (Å²) < 4.78 is 14.6. The van der Waals surface area contributed by atoms with Crippen molar-refractivity contribution in [3.63, 3.8) is 0 Å². The largest absolute Gasteiger partial charge is 0.399 e. The second-order valence-corrected chi connectivity index (χ2v) is 13.4. The molecule has 0 radical (unpaired) electrons. The molecule has 8 rings (SSSR count). The summed E-state index contributed by atoms with van der Waals surface area (Å²) in [4.78, 5) is 25.9. The van der Waals surface area contributed by atoms with Crippen LogP contribution in [0.2, 0.25) is 0 Å². The number of ether oxygens (including phenoxy) is 2. The van der Waals surface area contributed by atoms with Gasteiger partial charge in [0.1, 0.15) is 11.0 Å². The quantitative estimate of drug-likeness (QED) is 0.119. The maximum Gasteiger partial charge on any atom is 0.319 e. The standard InChI is InChI=1S/C20H24N6O3.C16H17N5O.C3H9NO.2CH4/c1-14(27)13-21-20(28)22-16-6-4-15(5-7-16)18-23-19(25-9-11-29-12-10-25)17-3-2-8-26(17)24-18;17-13-5-3-12(4-6-13)15-18-16(20-8-10-22-11-9-20)14-2-1-7-21(14)19-15;1-3(5)2-4;;/h2-8,14,27H,9-13H2,1H3,(H2,21,22,28);1-7H,8-11,17H2;3,5H,2,4H2,1H3;2*1H4/t14-;;3-;;/m1.1../s1. The molecule has 0 aliphatic carbocycles. The number of morpholine rings is 2. The van der Waals surface area contributed by atoms with Crippen LogP contribution in [-0.2, 0) is 9.47 Å². The molecule has 0 spiro atoms. The van der Waals surface area contributed by atoms with Crippen LogP contribution >= 0.6 is 0 Å². The van der Waals surface area contributed by atoms with E-state index in [2.05, 4.69) is 30.6 Å². The van der Waals surface area contributed by atoms with Gasteiger partial charge in [-0.25, -0.2) is 23.8 Å². The van der Waals surface area contributed by atoms with E-state index in [4.69, 9.17) is 36.0 Å². The number of aliphatic hydroxyl groups is 2. The summed E-state index contributed by atoms with van der Waals surface area (Å²) in [6.07, 6.45) is 2.92. The van der Waals surface area contributed by atoms with E-state index < -0.39 is 6.10 Å². The minimum atomic E-state index is -0.593. The zero-order valence-electron chi connectivity index (χ0n) is 31.7. The molecule has 0 unspecified atom stereocenters. The van der Waals surface area contributed by atoms with E-state index in [0.717, 1.165) is 78.9 Å². The second kappa shape index (κ2) is 21.6. The molecule has 58 heavy (non-hydrogen) atoms. The van der Waals surface area contributed by atoms with E-state index in [1.54, 1.807) is 26.0 Å². The molecule has 4 aromatic heterocycles. The van der Waals surface area contributed by atoms with Crippen LogP contribution in [0.25, 0.3) is 33.8 Å². The number of amides is 2. The van der Waals surface area contributed by atoms with Crippen molar-refractivity contribution in [2.24, 2.45) is 5.73 Å². The molecule has 17 nitrogen and oxygen atoms in total. The van der Waals surface area contributed by atoms with Gasteiger partial charge in [0.05, 0.1) is 38.6 Å². The highest BCUT2D eigenvalue weighted by molar-refractivity contribution is 5.89. The lowest BCUT2D eigenvalue weighted by Gasteiger charge is -2.28. The normalized spacial score (nSPS) is 14.8. The third kappa shape index (κ3) is 11.8. The molecule has 2 saturated heterocycles. The highest BCUT2D eigenvalue weighted by Gasteiger charge is 2.20. The Labute approximate surface area is 339 Å². The summed E-state index contributed by atoms with van der Waals surface area (Å²) in [6.45, 7) is 9.93. The fourth-order valence-corrected chi connectivity index (χ4v) is 5.85. The summed E-state index contributed by atoms with van der Waals surface area (Å²) >= 11 is 0. The molecule has 2 aromatic carbocycles. The molecule has 2 fully saturated rings. The molecule has 2 amide bonds. The first-order valence-corrected chi connectivity index (χ1v) is 18.6. The van der Waals surface area contributed by atoms with Crippen molar-refractivity contribution < 1.29 is 24.5 Å². The van der Waals surface area contributed by atoms with E-state index >= 15 is 0 Å². The lowest BCUT2D eigenvalue weighted by atomic mass is 10.2. The van der Waals surface area contributed by atoms with Crippen molar-refractivity contribution in [1.29, 1.82) is 0 Å². The number of nitrogens with one attached hydrogen (secondary N) is 2. The maximum absolute atomic E-state index is 11.8. The SMILES string of the molecule is C.C.C[C@@H](O)CN.C[C@@H](O)CNC(=O)Nc1ccc(-c2nc(N3CCOCC3)c3cccn3n2)cc1.Nc1ccc(-c2nc(N3CCOCC3)c3cccn3n2)cc1. The molecular weight excluding hydrogens is 741 g/mol. The molecule has 0 saturated carbocycles. The van der Waals surface area contributed by atoms with E-state index in [1.165, 1.54) is 0 Å². The average Bonchev–Trinajstić information content (AvgIpc) is 3.91. The van der Waals surface area contributed by atoms with Crippen molar-refractivity contribution in [2.45, 2.75) is 40.9 Å². The fraction of sp³-hybridized carbons (Fsp3) is 0.390. The first-order chi connectivity index (χ1) is 27.2. The first-order valence-electron chi connectivity index (χ1n) is 18.6. The van der Waals surface area contributed by atoms with Gasteiger partial charge in [-0.05, 0) is 86.6 Å². The number of urea groups is 1. The first kappa shape index (κ1) is 44.9. The highest BCUT2D eigenvalue weighted by atomic mass is 16.5. The Hall–Kier alpha value is -5.85. The number of nitrogens with zero attached hydrogens (tertiary/aromatic N) is 8. The van der Waals surface area contributed by atoms with E-state index in [1.807, 2.05) is 82.1 Å². The van der Waals surface area contributed by atoms with E-state index in [0.29, 0.717) is 37.1 Å². The maximum atomic E-state index is 11.8. The molecule has 2 aliphatic rings. The number of fused-ring (bicyclic) bond motifs is 2. The van der Waals surface area contributed by atoms with Gasteiger partial charge in [0, 0.05) is 74.2 Å². The number of carbonyl (C=O) groups is 1. The number of aliphatic hydroxyl groups excluding tert-OH is 2. The molecule has 6 aromatic rings. The number of benzene rings is 2. The van der Waals surface area contributed by atoms with Crippen molar-refractivity contribution >= 4 is 40.1 Å². The van der Waals surface area contributed by atoms with Crippen LogP contribution in [0.1, 0.15) is 28.7 Å². The van der Waals surface area contributed by atoms with Crippen LogP contribution in [0, 0.1) is 0 Å². The van der Waals surface area contributed by atoms with Crippen LogP contribution in [0.3, 0.4) is 0 Å². The molecule has 0 bridgehead atoms. The molecule has 312 valence electrons. The van der Waals surface area contributed by atoms with Gasteiger partial charge >= 0.3 is 6.03 Å². The van der Waals surface area contributed by atoms with Gasteiger partial charge in [-0.3, -0.25) is 0 Å². The Balaban J connectivity index is 0.000000229. The predicted octanol–water partition coefficient (Wildman–Crippen LogP) is 4.15. The fourth-order valence-electron chi connectivity index (χ4n) is 5.85. The van der Waals surface area contributed by atoms with Crippen LogP contribution in [0.15, 0.2) is 85.2 Å². The second-order valence-electron chi connectivity index (χ2n) is 13.4. The summed E-state index contributed by atoms with van der Waals surface area (Å²) in [6, 6.07) is 22.6. The summed E-state index contributed by atoms with van der Waals surface area (Å²) in [5, 5.41) is 32.0. The molecule has 17 heteroatoms. The van der Waals surface area contributed by atoms with Gasteiger partial charge in [0.2, 0.25) is 0 Å². The van der Waals surface area contributed by atoms with Gasteiger partial charge in [0.15, 0.2) is 23.3 Å². The lowest BCUT2D eigenvalue weighted by Crippen LogP contribution is -2.37. The molecule has 8 N–H and O–H groups in total. The van der Waals surface area contributed by atoms with E-state index in [-0.39, 0.29) is 33.5 Å². The van der Waals surface area contributed by atoms with E-state index in [9.17, 15) is 9.90 Å². The number of aromatic nitrogens is 6. The molecule has 2 atom stereocenters. The number of rotatable bonds is 8. The number of nitrogens with two attached hydrogens (primary N) is 2. The average molecular weight is 799 g/mol. The Kier molecular flexibility index (Phi) is 16.7. The topological polar surface area (TPSA) is 219 Å². The van der Waals surface area contributed by atoms with Crippen molar-refractivity contribution in [3.8, 4) is 22.8 Å². The van der Waals surface area contributed by atoms with Crippen LogP contribution < -0.4 is 31.9 Å². The monoisotopic (exact) mass is 798 g/mol. The lowest BCUT2D eigenvalue weighted by molar-refractivity contribution is 0.122. The van der Waals surface area contributed by atoms with Gasteiger partial charge < -0.3 is 51.6 Å². The number of carbonyl (C=O) groups excluding carboxylic acids is 1. The number of nitrogen functional groups attached to an aromatic ring is 1. The third-order valence-corrected chi connectivity index (χ3v) is 8.83.